The van der Waals surface area contributed by atoms with Gasteiger partial charge in [-0.3, -0.25) is 0 Å². The Hall–Kier alpha value is -2.94. The Labute approximate surface area is 200 Å². The highest BCUT2D eigenvalue weighted by atomic mass is 16.3. The monoisotopic (exact) mass is 450 g/mol. The third-order valence-corrected chi connectivity index (χ3v) is 5.27. The van der Waals surface area contributed by atoms with Gasteiger partial charge in [0.05, 0.1) is 0 Å². The van der Waals surface area contributed by atoms with E-state index in [2.05, 4.69) is 6.92 Å². The molecule has 3 aromatic rings. The quantitative estimate of drug-likeness (QED) is 0.256. The molecule has 0 aliphatic carbocycles. The number of aryl methyl sites for hydroxylation is 1. The smallest absolute Gasteiger partial charge is 0.115 e. The molecule has 33 heavy (non-hydrogen) atoms. The molecule has 0 bridgehead atoms. The van der Waals surface area contributed by atoms with Gasteiger partial charge in [0.25, 0.3) is 0 Å². The van der Waals surface area contributed by atoms with Crippen molar-refractivity contribution in [1.82, 2.24) is 0 Å². The fourth-order valence-corrected chi connectivity index (χ4v) is 3.34. The second-order valence-electron chi connectivity index (χ2n) is 8.27. The van der Waals surface area contributed by atoms with E-state index in [9.17, 15) is 5.11 Å². The van der Waals surface area contributed by atoms with E-state index in [1.54, 1.807) is 60.7 Å². The highest BCUT2D eigenvalue weighted by molar-refractivity contribution is 5.25. The van der Waals surface area contributed by atoms with Gasteiger partial charge in [0.15, 0.2) is 0 Å². The Morgan fingerprint density at radius 2 is 0.788 bits per heavy atom. The Morgan fingerprint density at radius 3 is 1.15 bits per heavy atom. The van der Waals surface area contributed by atoms with Crippen molar-refractivity contribution in [3.8, 4) is 17.2 Å². The second-order valence-corrected chi connectivity index (χ2v) is 8.27. The number of benzene rings is 3. The van der Waals surface area contributed by atoms with Crippen molar-refractivity contribution < 1.29 is 15.3 Å². The first-order valence-electron chi connectivity index (χ1n) is 12.4. The van der Waals surface area contributed by atoms with E-state index in [0.717, 1.165) is 6.42 Å². The van der Waals surface area contributed by atoms with Gasteiger partial charge in [-0.25, -0.2) is 0 Å². The lowest BCUT2D eigenvalue weighted by atomic mass is 10.0. The van der Waals surface area contributed by atoms with Gasteiger partial charge in [-0.1, -0.05) is 113 Å². The number of rotatable bonds is 11. The van der Waals surface area contributed by atoms with Crippen LogP contribution in [0.25, 0.3) is 0 Å². The van der Waals surface area contributed by atoms with Crippen LogP contribution < -0.4 is 0 Å². The summed E-state index contributed by atoms with van der Waals surface area (Å²) in [5, 5.41) is 26.5. The van der Waals surface area contributed by atoms with Gasteiger partial charge < -0.3 is 15.3 Å². The molecule has 3 N–H and O–H groups in total. The number of para-hydroxylation sites is 2. The Kier molecular flexibility index (Phi) is 16.8. The van der Waals surface area contributed by atoms with Crippen LogP contribution in [0.5, 0.6) is 17.2 Å². The van der Waals surface area contributed by atoms with Crippen LogP contribution in [0.1, 0.15) is 76.7 Å². The highest BCUT2D eigenvalue weighted by Gasteiger charge is 1.95. The summed E-state index contributed by atoms with van der Waals surface area (Å²) >= 11 is 0. The normalized spacial score (nSPS) is 9.85. The van der Waals surface area contributed by atoms with Crippen molar-refractivity contribution >= 4 is 0 Å². The maximum atomic E-state index is 9.20. The van der Waals surface area contributed by atoms with Crippen molar-refractivity contribution in [1.29, 1.82) is 0 Å². The number of aromatic hydroxyl groups is 3. The summed E-state index contributed by atoms with van der Waals surface area (Å²) in [7, 11) is 0. The lowest BCUT2D eigenvalue weighted by Crippen LogP contribution is -1.86. The van der Waals surface area contributed by atoms with Crippen LogP contribution in [0.15, 0.2) is 84.9 Å². The van der Waals surface area contributed by atoms with Crippen LogP contribution in [-0.2, 0) is 6.42 Å². The molecule has 0 fully saturated rings. The largest absolute Gasteiger partial charge is 0.508 e. The zero-order valence-electron chi connectivity index (χ0n) is 20.2. The third kappa shape index (κ3) is 17.3. The molecule has 0 atom stereocenters. The van der Waals surface area contributed by atoms with Crippen LogP contribution >= 0.6 is 0 Å². The standard InChI is InChI=1S/C18H30O.2C6H6O/c1-2-3-4-5-6-7-8-9-10-11-12-17-13-15-18(19)16-14-17;2*7-6-4-2-1-3-5-6/h13-16,19H,2-12H2,1H3;2*1-5,7H. The van der Waals surface area contributed by atoms with Gasteiger partial charge in [0.2, 0.25) is 0 Å². The van der Waals surface area contributed by atoms with E-state index in [1.807, 2.05) is 24.3 Å². The minimum absolute atomic E-state index is 0.322. The lowest BCUT2D eigenvalue weighted by Gasteiger charge is -2.03. The Morgan fingerprint density at radius 1 is 0.424 bits per heavy atom. The van der Waals surface area contributed by atoms with Gasteiger partial charge in [-0.2, -0.15) is 0 Å². The van der Waals surface area contributed by atoms with E-state index in [1.165, 1.54) is 69.8 Å². The molecule has 0 saturated heterocycles. The molecule has 0 saturated carbocycles. The van der Waals surface area contributed by atoms with Crippen LogP contribution in [-0.4, -0.2) is 15.3 Å². The summed E-state index contributed by atoms with van der Waals surface area (Å²) in [6.07, 6.45) is 15.0. The molecule has 0 spiro atoms. The molecule has 3 nitrogen and oxygen atoms in total. The predicted molar refractivity (Wildman–Crippen MR) is 140 cm³/mol. The van der Waals surface area contributed by atoms with Crippen LogP contribution in [0.4, 0.5) is 0 Å². The minimum Gasteiger partial charge on any atom is -0.508 e. The average molecular weight is 451 g/mol. The minimum atomic E-state index is 0.322. The van der Waals surface area contributed by atoms with Crippen molar-refractivity contribution in [3.63, 3.8) is 0 Å². The predicted octanol–water partition coefficient (Wildman–Crippen LogP) is 8.64. The van der Waals surface area contributed by atoms with Gasteiger partial charge in [-0.05, 0) is 54.8 Å². The second kappa shape index (κ2) is 19.7. The average Bonchev–Trinajstić information content (AvgIpc) is 2.83. The number of hydrogen-bond acceptors (Lipinski definition) is 3. The summed E-state index contributed by atoms with van der Waals surface area (Å²) in [6.45, 7) is 2.27. The topological polar surface area (TPSA) is 60.7 Å². The van der Waals surface area contributed by atoms with Crippen LogP contribution in [0, 0.1) is 0 Å². The molecule has 0 radical (unpaired) electrons. The van der Waals surface area contributed by atoms with Crippen molar-refractivity contribution in [2.45, 2.75) is 77.6 Å². The van der Waals surface area contributed by atoms with Gasteiger partial charge >= 0.3 is 0 Å². The first-order chi connectivity index (χ1) is 16.1. The van der Waals surface area contributed by atoms with Crippen LogP contribution in [0.3, 0.4) is 0 Å². The van der Waals surface area contributed by atoms with E-state index < -0.39 is 0 Å². The SMILES string of the molecule is CCCCCCCCCCCCc1ccc(O)cc1.Oc1ccccc1.Oc1ccccc1. The Bertz CT molecular complexity index is 748. The number of phenols is 3. The molecule has 3 rings (SSSR count). The lowest BCUT2D eigenvalue weighted by molar-refractivity contribution is 0.474. The molecule has 3 heteroatoms. The van der Waals surface area contributed by atoms with E-state index in [4.69, 9.17) is 10.2 Å². The fourth-order valence-electron chi connectivity index (χ4n) is 3.34. The highest BCUT2D eigenvalue weighted by Crippen LogP contribution is 2.14. The van der Waals surface area contributed by atoms with Crippen molar-refractivity contribution in [2.24, 2.45) is 0 Å². The van der Waals surface area contributed by atoms with Gasteiger partial charge in [0.1, 0.15) is 17.2 Å². The molecule has 0 aliphatic heterocycles. The summed E-state index contributed by atoms with van der Waals surface area (Å²) in [5.41, 5.74) is 1.34. The van der Waals surface area contributed by atoms with E-state index in [-0.39, 0.29) is 0 Å². The van der Waals surface area contributed by atoms with Crippen LogP contribution in [0.2, 0.25) is 0 Å². The first kappa shape index (κ1) is 28.1. The first-order valence-corrected chi connectivity index (χ1v) is 12.4. The maximum Gasteiger partial charge on any atom is 0.115 e. The molecular weight excluding hydrogens is 408 g/mol. The van der Waals surface area contributed by atoms with E-state index >= 15 is 0 Å². The molecule has 0 heterocycles. The summed E-state index contributed by atoms with van der Waals surface area (Å²) in [5.74, 6) is 1.01. The molecule has 0 aromatic heterocycles. The fraction of sp³-hybridized carbons (Fsp3) is 0.400. The zero-order valence-corrected chi connectivity index (χ0v) is 20.2. The number of phenolic OH excluding ortho intramolecular Hbond substituents is 3. The van der Waals surface area contributed by atoms with Crippen molar-refractivity contribution in [2.75, 3.05) is 0 Å². The zero-order chi connectivity index (χ0) is 24.0. The molecular formula is C30H42O3. The molecule has 180 valence electrons. The number of hydrogen-bond donors (Lipinski definition) is 3. The molecule has 0 aliphatic rings. The molecule has 3 aromatic carbocycles. The molecule has 0 amide bonds. The third-order valence-electron chi connectivity index (χ3n) is 5.27. The maximum absolute atomic E-state index is 9.20. The van der Waals surface area contributed by atoms with Gasteiger partial charge in [-0.15, -0.1) is 0 Å². The summed E-state index contributed by atoms with van der Waals surface area (Å²) in [6, 6.07) is 25.1. The molecule has 0 unspecified atom stereocenters. The van der Waals surface area contributed by atoms with Crippen molar-refractivity contribution in [3.05, 3.63) is 90.5 Å². The van der Waals surface area contributed by atoms with E-state index in [0.29, 0.717) is 17.2 Å². The summed E-state index contributed by atoms with van der Waals surface area (Å²) in [4.78, 5) is 0. The number of unbranched alkanes of at least 4 members (excludes halogenated alkanes) is 9. The van der Waals surface area contributed by atoms with Gasteiger partial charge in [0, 0.05) is 0 Å². The summed E-state index contributed by atoms with van der Waals surface area (Å²) < 4.78 is 0. The Balaban J connectivity index is 0.000000313.